The summed E-state index contributed by atoms with van der Waals surface area (Å²) in [4.78, 5) is 10.9. The molecule has 5 nitrogen and oxygen atoms in total. The maximum atomic E-state index is 10.9. The van der Waals surface area contributed by atoms with Crippen molar-refractivity contribution in [1.82, 2.24) is 0 Å². The van der Waals surface area contributed by atoms with Crippen molar-refractivity contribution in [1.29, 1.82) is 0 Å². The van der Waals surface area contributed by atoms with E-state index in [1.54, 1.807) is 31.4 Å². The van der Waals surface area contributed by atoms with E-state index in [-0.39, 0.29) is 10.6 Å². The zero-order valence-electron chi connectivity index (χ0n) is 10.1. The van der Waals surface area contributed by atoms with Crippen molar-refractivity contribution in [2.75, 3.05) is 5.43 Å². The molecule has 0 aliphatic carbocycles. The number of nitrogens with one attached hydrogen (secondary N) is 1. The number of carboxylic acid groups (broad SMARTS) is 1. The van der Waals surface area contributed by atoms with E-state index in [4.69, 9.17) is 21.1 Å². The largest absolute Gasteiger partial charge is 0.478 e. The molecule has 0 saturated carbocycles. The standard InChI is InChI=1S/C13H11ClN2O3/c1-8(12-3-2-6-19-12)15-16-9-4-5-11(14)10(7-9)13(17)18/h2-7,16H,1H3,(H,17,18)/b15-8+. The molecule has 0 atom stereocenters. The highest BCUT2D eigenvalue weighted by Crippen LogP contribution is 2.20. The summed E-state index contributed by atoms with van der Waals surface area (Å²) in [5.74, 6) is -0.444. The Morgan fingerprint density at radius 1 is 1.42 bits per heavy atom. The number of aromatic carboxylic acids is 1. The van der Waals surface area contributed by atoms with Gasteiger partial charge in [-0.25, -0.2) is 4.79 Å². The second-order valence-corrected chi connectivity index (χ2v) is 4.19. The maximum absolute atomic E-state index is 10.9. The number of anilines is 1. The van der Waals surface area contributed by atoms with Gasteiger partial charge in [-0.1, -0.05) is 11.6 Å². The Morgan fingerprint density at radius 3 is 2.84 bits per heavy atom. The summed E-state index contributed by atoms with van der Waals surface area (Å²) in [5.41, 5.74) is 3.97. The molecular weight excluding hydrogens is 268 g/mol. The lowest BCUT2D eigenvalue weighted by molar-refractivity contribution is 0.0697. The molecule has 2 N–H and O–H groups in total. The van der Waals surface area contributed by atoms with Gasteiger partial charge in [0.25, 0.3) is 0 Å². The van der Waals surface area contributed by atoms with E-state index in [0.29, 0.717) is 17.2 Å². The minimum atomic E-state index is -1.08. The smallest absolute Gasteiger partial charge is 0.337 e. The Balaban J connectivity index is 2.18. The molecule has 1 aromatic carbocycles. The van der Waals surface area contributed by atoms with Crippen molar-refractivity contribution in [3.05, 3.63) is 52.9 Å². The Bertz CT molecular complexity index is 621. The fourth-order valence-corrected chi connectivity index (χ4v) is 1.65. The van der Waals surface area contributed by atoms with Gasteiger partial charge >= 0.3 is 5.97 Å². The van der Waals surface area contributed by atoms with Crippen LogP contribution in [-0.2, 0) is 0 Å². The number of furan rings is 1. The first-order valence-corrected chi connectivity index (χ1v) is 5.83. The zero-order valence-corrected chi connectivity index (χ0v) is 10.8. The van der Waals surface area contributed by atoms with E-state index in [1.807, 2.05) is 0 Å². The number of rotatable bonds is 4. The molecule has 1 heterocycles. The molecule has 98 valence electrons. The van der Waals surface area contributed by atoms with Crippen LogP contribution in [0.15, 0.2) is 46.1 Å². The van der Waals surface area contributed by atoms with Crippen LogP contribution in [0.3, 0.4) is 0 Å². The van der Waals surface area contributed by atoms with Crippen LogP contribution >= 0.6 is 11.6 Å². The molecule has 0 radical (unpaired) electrons. The van der Waals surface area contributed by atoms with Crippen molar-refractivity contribution < 1.29 is 14.3 Å². The van der Waals surface area contributed by atoms with E-state index in [2.05, 4.69) is 10.5 Å². The average Bonchev–Trinajstić information content (AvgIpc) is 2.91. The summed E-state index contributed by atoms with van der Waals surface area (Å²) in [6.45, 7) is 1.78. The third-order valence-corrected chi connectivity index (χ3v) is 2.76. The lowest BCUT2D eigenvalue weighted by Gasteiger charge is -2.04. The summed E-state index contributed by atoms with van der Waals surface area (Å²) >= 11 is 5.78. The zero-order chi connectivity index (χ0) is 13.8. The van der Waals surface area contributed by atoms with Crippen molar-refractivity contribution >= 4 is 29.0 Å². The van der Waals surface area contributed by atoms with Crippen LogP contribution < -0.4 is 5.43 Å². The number of halogens is 1. The molecule has 1 aromatic heterocycles. The lowest BCUT2D eigenvalue weighted by atomic mass is 10.2. The highest BCUT2D eigenvalue weighted by molar-refractivity contribution is 6.33. The summed E-state index contributed by atoms with van der Waals surface area (Å²) in [5, 5.41) is 13.2. The van der Waals surface area contributed by atoms with Crippen LogP contribution in [0.5, 0.6) is 0 Å². The van der Waals surface area contributed by atoms with E-state index < -0.39 is 5.97 Å². The number of hydrogen-bond acceptors (Lipinski definition) is 4. The number of nitrogens with zero attached hydrogens (tertiary/aromatic N) is 1. The van der Waals surface area contributed by atoms with Gasteiger partial charge in [0, 0.05) is 0 Å². The predicted octanol–water partition coefficient (Wildman–Crippen LogP) is 3.47. The van der Waals surface area contributed by atoms with Gasteiger partial charge in [0.05, 0.1) is 22.5 Å². The summed E-state index contributed by atoms with van der Waals surface area (Å²) in [6.07, 6.45) is 1.55. The van der Waals surface area contributed by atoms with E-state index in [9.17, 15) is 4.79 Å². The topological polar surface area (TPSA) is 74.8 Å². The Kier molecular flexibility index (Phi) is 3.87. The van der Waals surface area contributed by atoms with Crippen molar-refractivity contribution in [3.63, 3.8) is 0 Å². The van der Waals surface area contributed by atoms with Gasteiger partial charge in [0.15, 0.2) is 0 Å². The summed E-state index contributed by atoms with van der Waals surface area (Å²) < 4.78 is 5.18. The molecule has 0 amide bonds. The molecule has 2 rings (SSSR count). The van der Waals surface area contributed by atoms with E-state index >= 15 is 0 Å². The van der Waals surface area contributed by atoms with E-state index in [1.165, 1.54) is 12.1 Å². The van der Waals surface area contributed by atoms with Gasteiger partial charge in [0.1, 0.15) is 11.5 Å². The molecule has 6 heteroatoms. The molecular formula is C13H11ClN2O3. The van der Waals surface area contributed by atoms with Gasteiger partial charge in [-0.15, -0.1) is 0 Å². The Morgan fingerprint density at radius 2 is 2.21 bits per heavy atom. The summed E-state index contributed by atoms with van der Waals surface area (Å²) in [6, 6.07) is 8.12. The first kappa shape index (κ1) is 13.2. The normalized spacial score (nSPS) is 11.4. The van der Waals surface area contributed by atoms with Crippen molar-refractivity contribution in [3.8, 4) is 0 Å². The van der Waals surface area contributed by atoms with Gasteiger partial charge in [-0.05, 0) is 37.3 Å². The molecule has 0 aliphatic heterocycles. The van der Waals surface area contributed by atoms with Crippen molar-refractivity contribution in [2.45, 2.75) is 6.92 Å². The molecule has 0 saturated heterocycles. The SMILES string of the molecule is C/C(=N\Nc1ccc(Cl)c(C(=O)O)c1)c1ccco1. The third kappa shape index (κ3) is 3.14. The van der Waals surface area contributed by atoms with Crippen LogP contribution in [0.2, 0.25) is 5.02 Å². The highest BCUT2D eigenvalue weighted by atomic mass is 35.5. The maximum Gasteiger partial charge on any atom is 0.337 e. The Labute approximate surface area is 114 Å². The monoisotopic (exact) mass is 278 g/mol. The molecule has 0 bridgehead atoms. The average molecular weight is 279 g/mol. The van der Waals surface area contributed by atoms with Gasteiger partial charge in [0.2, 0.25) is 0 Å². The van der Waals surface area contributed by atoms with Crippen LogP contribution in [0, 0.1) is 0 Å². The number of benzene rings is 1. The van der Waals surface area contributed by atoms with E-state index in [0.717, 1.165) is 0 Å². The summed E-state index contributed by atoms with van der Waals surface area (Å²) in [7, 11) is 0. The van der Waals surface area contributed by atoms with Gasteiger partial charge < -0.3 is 9.52 Å². The van der Waals surface area contributed by atoms with Crippen LogP contribution in [0.4, 0.5) is 5.69 Å². The predicted molar refractivity (Wildman–Crippen MR) is 73.0 cm³/mol. The number of hydrazone groups is 1. The molecule has 2 aromatic rings. The molecule has 19 heavy (non-hydrogen) atoms. The molecule has 0 spiro atoms. The first-order chi connectivity index (χ1) is 9.08. The lowest BCUT2D eigenvalue weighted by Crippen LogP contribution is -2.01. The van der Waals surface area contributed by atoms with Crippen LogP contribution in [-0.4, -0.2) is 16.8 Å². The van der Waals surface area contributed by atoms with Gasteiger partial charge in [-0.3, -0.25) is 5.43 Å². The quantitative estimate of drug-likeness (QED) is 0.663. The first-order valence-electron chi connectivity index (χ1n) is 5.45. The number of carboxylic acids is 1. The second-order valence-electron chi connectivity index (χ2n) is 3.79. The number of carbonyl (C=O) groups is 1. The van der Waals surface area contributed by atoms with Crippen molar-refractivity contribution in [2.24, 2.45) is 5.10 Å². The molecule has 0 fully saturated rings. The molecule has 0 unspecified atom stereocenters. The third-order valence-electron chi connectivity index (χ3n) is 2.43. The highest BCUT2D eigenvalue weighted by Gasteiger charge is 2.09. The minimum absolute atomic E-state index is 0.0255. The fourth-order valence-electron chi connectivity index (χ4n) is 1.45. The molecule has 0 aliphatic rings. The number of hydrogen-bond donors (Lipinski definition) is 2. The van der Waals surface area contributed by atoms with Crippen LogP contribution in [0.25, 0.3) is 0 Å². The van der Waals surface area contributed by atoms with Gasteiger partial charge in [-0.2, -0.15) is 5.10 Å². The fraction of sp³-hybridized carbons (Fsp3) is 0.0769. The Hall–Kier alpha value is -2.27. The van der Waals surface area contributed by atoms with Crippen LogP contribution in [0.1, 0.15) is 23.0 Å². The minimum Gasteiger partial charge on any atom is -0.478 e. The second kappa shape index (κ2) is 5.58.